The van der Waals surface area contributed by atoms with Crippen molar-refractivity contribution in [1.82, 2.24) is 4.90 Å². The van der Waals surface area contributed by atoms with Gasteiger partial charge in [-0.15, -0.1) is 0 Å². The normalized spacial score (nSPS) is 13.0. The van der Waals surface area contributed by atoms with Crippen LogP contribution in [0.15, 0.2) is 29.4 Å². The number of hydrogen-bond acceptors (Lipinski definition) is 4. The molecule has 1 rings (SSSR count). The summed E-state index contributed by atoms with van der Waals surface area (Å²) < 4.78 is 5.04. The van der Waals surface area contributed by atoms with E-state index in [1.807, 2.05) is 19.1 Å². The second kappa shape index (κ2) is 8.26. The molecule has 1 unspecified atom stereocenters. The molecule has 116 valence electrons. The summed E-state index contributed by atoms with van der Waals surface area (Å²) in [7, 11) is 3.39. The van der Waals surface area contributed by atoms with Crippen molar-refractivity contribution < 1.29 is 14.7 Å². The van der Waals surface area contributed by atoms with Gasteiger partial charge in [-0.3, -0.25) is 4.79 Å². The maximum absolute atomic E-state index is 12.1. The molecule has 0 aromatic heterocycles. The number of ether oxygens (including phenoxy) is 1. The highest BCUT2D eigenvalue weighted by Gasteiger charge is 2.14. The Balaban J connectivity index is 2.66. The first-order valence-electron chi connectivity index (χ1n) is 6.77. The number of nitrogens with zero attached hydrogens (tertiary/aromatic N) is 2. The monoisotopic (exact) mass is 293 g/mol. The van der Waals surface area contributed by atoms with Crippen LogP contribution in [0.1, 0.15) is 24.5 Å². The van der Waals surface area contributed by atoms with E-state index < -0.39 is 0 Å². The van der Waals surface area contributed by atoms with Gasteiger partial charge in [0.1, 0.15) is 0 Å². The number of amidine groups is 1. The molecule has 6 nitrogen and oxygen atoms in total. The van der Waals surface area contributed by atoms with Crippen molar-refractivity contribution in [2.75, 3.05) is 20.8 Å². The van der Waals surface area contributed by atoms with E-state index in [0.717, 1.165) is 5.56 Å². The molecule has 0 heterocycles. The lowest BCUT2D eigenvalue weighted by Crippen LogP contribution is -2.28. The van der Waals surface area contributed by atoms with Gasteiger partial charge in [0.25, 0.3) is 0 Å². The number of oxime groups is 1. The van der Waals surface area contributed by atoms with Gasteiger partial charge >= 0.3 is 0 Å². The molecule has 1 amide bonds. The van der Waals surface area contributed by atoms with Crippen LogP contribution < -0.4 is 5.73 Å². The maximum Gasteiger partial charge on any atom is 0.222 e. The molecule has 1 aromatic rings. The average molecular weight is 293 g/mol. The van der Waals surface area contributed by atoms with E-state index in [1.165, 1.54) is 0 Å². The van der Waals surface area contributed by atoms with E-state index in [4.69, 9.17) is 15.7 Å². The first kappa shape index (κ1) is 17.0. The molecule has 1 aromatic carbocycles. The molecule has 0 aliphatic carbocycles. The molecule has 21 heavy (non-hydrogen) atoms. The average Bonchev–Trinajstić information content (AvgIpc) is 2.46. The molecule has 0 spiro atoms. The number of carbonyl (C=O) groups excluding carboxylic acids is 1. The number of amides is 1. The van der Waals surface area contributed by atoms with E-state index in [0.29, 0.717) is 25.1 Å². The van der Waals surface area contributed by atoms with Crippen LogP contribution in [-0.2, 0) is 16.1 Å². The quantitative estimate of drug-likeness (QED) is 0.344. The highest BCUT2D eigenvalue weighted by atomic mass is 16.5. The van der Waals surface area contributed by atoms with Crippen LogP contribution in [0, 0.1) is 5.92 Å². The minimum atomic E-state index is 0.0551. The predicted octanol–water partition coefficient (Wildman–Crippen LogP) is 1.41. The molecule has 0 fully saturated rings. The first-order valence-corrected chi connectivity index (χ1v) is 6.77. The lowest BCUT2D eigenvalue weighted by atomic mass is 10.1. The van der Waals surface area contributed by atoms with Crippen molar-refractivity contribution >= 4 is 11.7 Å². The number of hydrogen-bond donors (Lipinski definition) is 2. The Hall–Kier alpha value is -2.08. The van der Waals surface area contributed by atoms with Gasteiger partial charge in [0.2, 0.25) is 5.91 Å². The highest BCUT2D eigenvalue weighted by Crippen LogP contribution is 2.10. The molecule has 0 bridgehead atoms. The molecular weight excluding hydrogens is 270 g/mol. The van der Waals surface area contributed by atoms with Crippen molar-refractivity contribution in [2.24, 2.45) is 16.8 Å². The third kappa shape index (κ3) is 5.43. The van der Waals surface area contributed by atoms with Crippen LogP contribution in [0.2, 0.25) is 0 Å². The summed E-state index contributed by atoms with van der Waals surface area (Å²) in [6, 6.07) is 7.27. The van der Waals surface area contributed by atoms with E-state index in [2.05, 4.69) is 5.16 Å². The molecule has 3 N–H and O–H groups in total. The maximum atomic E-state index is 12.1. The van der Waals surface area contributed by atoms with Crippen LogP contribution in [0.3, 0.4) is 0 Å². The SMILES string of the molecule is COCC(C)CC(=O)N(C)Cc1cccc(/C(N)=N/O)c1. The number of rotatable bonds is 7. The Bertz CT molecular complexity index is 503. The van der Waals surface area contributed by atoms with Gasteiger partial charge in [-0.1, -0.05) is 30.3 Å². The highest BCUT2D eigenvalue weighted by molar-refractivity contribution is 5.97. The predicted molar refractivity (Wildman–Crippen MR) is 81.1 cm³/mol. The van der Waals surface area contributed by atoms with Gasteiger partial charge in [-0.05, 0) is 17.5 Å². The summed E-state index contributed by atoms with van der Waals surface area (Å²) in [6.07, 6.45) is 0.449. The Kier molecular flexibility index (Phi) is 6.68. The van der Waals surface area contributed by atoms with Crippen LogP contribution >= 0.6 is 0 Å². The van der Waals surface area contributed by atoms with Crippen LogP contribution in [-0.4, -0.2) is 42.6 Å². The Morgan fingerprint density at radius 2 is 2.24 bits per heavy atom. The van der Waals surface area contributed by atoms with Gasteiger partial charge in [0, 0.05) is 39.3 Å². The van der Waals surface area contributed by atoms with Gasteiger partial charge in [-0.2, -0.15) is 0 Å². The third-order valence-electron chi connectivity index (χ3n) is 3.15. The summed E-state index contributed by atoms with van der Waals surface area (Å²) in [5.41, 5.74) is 7.11. The topological polar surface area (TPSA) is 88.2 Å². The minimum absolute atomic E-state index is 0.0551. The fourth-order valence-corrected chi connectivity index (χ4v) is 2.05. The summed E-state index contributed by atoms with van der Waals surface area (Å²) in [5.74, 6) is 0.307. The second-order valence-corrected chi connectivity index (χ2v) is 5.20. The van der Waals surface area contributed by atoms with Crippen molar-refractivity contribution in [1.29, 1.82) is 0 Å². The number of carbonyl (C=O) groups is 1. The second-order valence-electron chi connectivity index (χ2n) is 5.20. The zero-order valence-corrected chi connectivity index (χ0v) is 12.7. The Morgan fingerprint density at radius 3 is 2.86 bits per heavy atom. The number of nitrogens with two attached hydrogens (primary N) is 1. The summed E-state index contributed by atoms with van der Waals surface area (Å²) in [5, 5.41) is 11.7. The van der Waals surface area contributed by atoms with Crippen molar-refractivity contribution in [2.45, 2.75) is 19.9 Å². The summed E-state index contributed by atoms with van der Waals surface area (Å²) in [4.78, 5) is 13.8. The van der Waals surface area contributed by atoms with Crippen molar-refractivity contribution in [3.05, 3.63) is 35.4 Å². The van der Waals surface area contributed by atoms with Crippen molar-refractivity contribution in [3.63, 3.8) is 0 Å². The standard InChI is InChI=1S/C15H23N3O3/c1-11(10-21-3)7-14(19)18(2)9-12-5-4-6-13(8-12)15(16)17-20/h4-6,8,11,20H,7,9-10H2,1-3H3,(H2,16,17). The molecule has 0 radical (unpaired) electrons. The molecule has 0 saturated carbocycles. The number of methoxy groups -OCH3 is 1. The van der Waals surface area contributed by atoms with E-state index in [-0.39, 0.29) is 17.7 Å². The third-order valence-corrected chi connectivity index (χ3v) is 3.15. The molecule has 6 heteroatoms. The summed E-state index contributed by atoms with van der Waals surface area (Å²) >= 11 is 0. The zero-order chi connectivity index (χ0) is 15.8. The molecule has 0 saturated heterocycles. The smallest absolute Gasteiger partial charge is 0.222 e. The fourth-order valence-electron chi connectivity index (χ4n) is 2.05. The van der Waals surface area contributed by atoms with Crippen molar-refractivity contribution in [3.8, 4) is 0 Å². The van der Waals surface area contributed by atoms with E-state index in [1.54, 1.807) is 31.2 Å². The van der Waals surface area contributed by atoms with Crippen LogP contribution in [0.5, 0.6) is 0 Å². The molecular formula is C15H23N3O3. The minimum Gasteiger partial charge on any atom is -0.409 e. The van der Waals surface area contributed by atoms with Crippen LogP contribution in [0.4, 0.5) is 0 Å². The molecule has 1 atom stereocenters. The van der Waals surface area contributed by atoms with Gasteiger partial charge < -0.3 is 20.6 Å². The molecule has 0 aliphatic heterocycles. The number of benzene rings is 1. The van der Waals surface area contributed by atoms with E-state index >= 15 is 0 Å². The summed E-state index contributed by atoms with van der Waals surface area (Å²) in [6.45, 7) is 3.03. The van der Waals surface area contributed by atoms with E-state index in [9.17, 15) is 4.79 Å². The van der Waals surface area contributed by atoms with Gasteiger partial charge in [0.15, 0.2) is 5.84 Å². The van der Waals surface area contributed by atoms with Gasteiger partial charge in [-0.25, -0.2) is 0 Å². The lowest BCUT2D eigenvalue weighted by Gasteiger charge is -2.19. The lowest BCUT2D eigenvalue weighted by molar-refractivity contribution is -0.131. The molecule has 0 aliphatic rings. The zero-order valence-electron chi connectivity index (χ0n) is 12.7. The Morgan fingerprint density at radius 1 is 1.52 bits per heavy atom. The van der Waals surface area contributed by atoms with Gasteiger partial charge in [0.05, 0.1) is 0 Å². The first-order chi connectivity index (χ1) is 9.97. The van der Waals surface area contributed by atoms with Crippen LogP contribution in [0.25, 0.3) is 0 Å². The largest absolute Gasteiger partial charge is 0.409 e. The Labute approximate surface area is 125 Å². The fraction of sp³-hybridized carbons (Fsp3) is 0.467.